The van der Waals surface area contributed by atoms with Crippen LogP contribution in [0.5, 0.6) is 0 Å². The highest BCUT2D eigenvalue weighted by atomic mass is 79.9. The van der Waals surface area contributed by atoms with Crippen molar-refractivity contribution >= 4 is 15.9 Å². The normalized spacial score (nSPS) is 10.5. The Balaban J connectivity index is 2.21. The van der Waals surface area contributed by atoms with Gasteiger partial charge in [-0.15, -0.1) is 0 Å². The molecule has 2 heterocycles. The van der Waals surface area contributed by atoms with Crippen LogP contribution in [0.15, 0.2) is 35.1 Å². The summed E-state index contributed by atoms with van der Waals surface area (Å²) in [4.78, 5) is 13.2. The van der Waals surface area contributed by atoms with E-state index in [1.54, 1.807) is 6.20 Å². The van der Waals surface area contributed by atoms with Crippen LogP contribution < -0.4 is 0 Å². The van der Waals surface area contributed by atoms with Gasteiger partial charge in [-0.25, -0.2) is 9.97 Å². The maximum Gasteiger partial charge on any atom is 0.129 e. The lowest BCUT2D eigenvalue weighted by Gasteiger charge is -2.04. The van der Waals surface area contributed by atoms with Crippen LogP contribution >= 0.6 is 15.9 Å². The molecule has 0 aliphatic carbocycles. The topological polar surface area (TPSA) is 38.7 Å². The quantitative estimate of drug-likeness (QED) is 0.812. The molecule has 0 atom stereocenters. The van der Waals surface area contributed by atoms with E-state index in [1.807, 2.05) is 24.3 Å². The second-order valence-electron chi connectivity index (χ2n) is 3.85. The molecule has 0 amide bonds. The Morgan fingerprint density at radius 3 is 2.76 bits per heavy atom. The van der Waals surface area contributed by atoms with E-state index < -0.39 is 0 Å². The second kappa shape index (κ2) is 5.87. The molecule has 0 radical (unpaired) electrons. The van der Waals surface area contributed by atoms with E-state index in [9.17, 15) is 0 Å². The highest BCUT2D eigenvalue weighted by Gasteiger charge is 2.04. The first-order chi connectivity index (χ1) is 8.28. The fraction of sp³-hybridized carbons (Fsp3) is 0.308. The van der Waals surface area contributed by atoms with E-state index in [4.69, 9.17) is 0 Å². The summed E-state index contributed by atoms with van der Waals surface area (Å²) in [6.45, 7) is 2.13. The van der Waals surface area contributed by atoms with Crippen LogP contribution in [0.1, 0.15) is 30.6 Å². The molecule has 0 aromatic carbocycles. The van der Waals surface area contributed by atoms with Gasteiger partial charge in [0, 0.05) is 24.7 Å². The molecule has 2 aromatic rings. The molecule has 0 spiro atoms. The minimum atomic E-state index is 0.749. The molecule has 0 unspecified atom stereocenters. The van der Waals surface area contributed by atoms with E-state index in [-0.39, 0.29) is 0 Å². The van der Waals surface area contributed by atoms with Crippen molar-refractivity contribution < 1.29 is 0 Å². The van der Waals surface area contributed by atoms with Crippen LogP contribution in [0.25, 0.3) is 0 Å². The predicted molar refractivity (Wildman–Crippen MR) is 70.8 cm³/mol. The summed E-state index contributed by atoms with van der Waals surface area (Å²) in [5.41, 5.74) is 2.04. The zero-order valence-electron chi connectivity index (χ0n) is 9.73. The third-order valence-corrected chi connectivity index (χ3v) is 2.76. The van der Waals surface area contributed by atoms with Gasteiger partial charge in [0.15, 0.2) is 0 Å². The predicted octanol–water partition coefficient (Wildman–Crippen LogP) is 3.18. The molecule has 0 bridgehead atoms. The fourth-order valence-electron chi connectivity index (χ4n) is 1.63. The average molecular weight is 292 g/mol. The van der Waals surface area contributed by atoms with Gasteiger partial charge in [0.1, 0.15) is 10.4 Å². The van der Waals surface area contributed by atoms with Crippen LogP contribution in [-0.4, -0.2) is 15.0 Å². The van der Waals surface area contributed by atoms with E-state index in [0.29, 0.717) is 0 Å². The van der Waals surface area contributed by atoms with Crippen molar-refractivity contribution in [3.63, 3.8) is 0 Å². The summed E-state index contributed by atoms with van der Waals surface area (Å²) < 4.78 is 0.849. The Morgan fingerprint density at radius 2 is 2.06 bits per heavy atom. The Morgan fingerprint density at radius 1 is 1.18 bits per heavy atom. The summed E-state index contributed by atoms with van der Waals surface area (Å²) in [6.07, 6.45) is 4.52. The van der Waals surface area contributed by atoms with Gasteiger partial charge < -0.3 is 0 Å². The minimum Gasteiger partial charge on any atom is -0.261 e. The molecule has 0 saturated carbocycles. The molecule has 4 heteroatoms. The zero-order chi connectivity index (χ0) is 12.1. The first-order valence-corrected chi connectivity index (χ1v) is 6.49. The van der Waals surface area contributed by atoms with Gasteiger partial charge in [-0.2, -0.15) is 0 Å². The van der Waals surface area contributed by atoms with Gasteiger partial charge in [-0.1, -0.05) is 13.0 Å². The maximum atomic E-state index is 4.54. The number of aromatic nitrogens is 3. The van der Waals surface area contributed by atoms with Gasteiger partial charge in [-0.05, 0) is 40.5 Å². The number of hydrogen-bond acceptors (Lipinski definition) is 3. The molecule has 2 rings (SSSR count). The Kier molecular flexibility index (Phi) is 4.20. The molecule has 0 fully saturated rings. The highest BCUT2D eigenvalue weighted by Crippen LogP contribution is 2.12. The van der Waals surface area contributed by atoms with Gasteiger partial charge in [0.25, 0.3) is 0 Å². The standard InChI is InChI=1S/C13H14BrN3/c1-2-5-13-16-11(9-12(14)17-13)8-10-6-3-4-7-15-10/h3-4,6-7,9H,2,5,8H2,1H3. The lowest BCUT2D eigenvalue weighted by molar-refractivity contribution is 0.808. The van der Waals surface area contributed by atoms with Crippen LogP contribution in [0.4, 0.5) is 0 Å². The van der Waals surface area contributed by atoms with E-state index >= 15 is 0 Å². The van der Waals surface area contributed by atoms with Crippen molar-refractivity contribution in [2.75, 3.05) is 0 Å². The third-order valence-electron chi connectivity index (χ3n) is 2.36. The Hall–Kier alpha value is -1.29. The van der Waals surface area contributed by atoms with Crippen molar-refractivity contribution in [3.05, 3.63) is 52.3 Å². The van der Waals surface area contributed by atoms with Crippen molar-refractivity contribution in [3.8, 4) is 0 Å². The van der Waals surface area contributed by atoms with Crippen molar-refractivity contribution in [2.24, 2.45) is 0 Å². The summed E-state index contributed by atoms with van der Waals surface area (Å²) in [7, 11) is 0. The molecule has 0 aliphatic heterocycles. The van der Waals surface area contributed by atoms with E-state index in [0.717, 1.165) is 41.1 Å². The molecule has 2 aromatic heterocycles. The van der Waals surface area contributed by atoms with Gasteiger partial charge >= 0.3 is 0 Å². The van der Waals surface area contributed by atoms with Gasteiger partial charge in [0.05, 0.1) is 5.69 Å². The number of rotatable bonds is 4. The molecule has 17 heavy (non-hydrogen) atoms. The second-order valence-corrected chi connectivity index (χ2v) is 4.66. The van der Waals surface area contributed by atoms with E-state index in [2.05, 4.69) is 37.8 Å². The number of aryl methyl sites for hydroxylation is 1. The smallest absolute Gasteiger partial charge is 0.129 e. The fourth-order valence-corrected chi connectivity index (χ4v) is 2.10. The van der Waals surface area contributed by atoms with Crippen molar-refractivity contribution in [2.45, 2.75) is 26.2 Å². The summed E-state index contributed by atoms with van der Waals surface area (Å²) in [5, 5.41) is 0. The Bertz CT molecular complexity index is 485. The molecule has 0 N–H and O–H groups in total. The van der Waals surface area contributed by atoms with E-state index in [1.165, 1.54) is 0 Å². The Labute approximate surface area is 109 Å². The third kappa shape index (κ3) is 3.60. The summed E-state index contributed by atoms with van der Waals surface area (Å²) in [5.74, 6) is 0.896. The lowest BCUT2D eigenvalue weighted by Crippen LogP contribution is -2.01. The van der Waals surface area contributed by atoms with Gasteiger partial charge in [0.2, 0.25) is 0 Å². The maximum absolute atomic E-state index is 4.54. The monoisotopic (exact) mass is 291 g/mol. The molecule has 88 valence electrons. The van der Waals surface area contributed by atoms with Gasteiger partial charge in [-0.3, -0.25) is 4.98 Å². The largest absolute Gasteiger partial charge is 0.261 e. The first kappa shape index (κ1) is 12.2. The van der Waals surface area contributed by atoms with Crippen LogP contribution in [-0.2, 0) is 12.8 Å². The van der Waals surface area contributed by atoms with Crippen molar-refractivity contribution in [1.82, 2.24) is 15.0 Å². The number of halogens is 1. The molecular weight excluding hydrogens is 278 g/mol. The molecule has 0 aliphatic rings. The van der Waals surface area contributed by atoms with Crippen LogP contribution in [0.3, 0.4) is 0 Å². The average Bonchev–Trinajstić information content (AvgIpc) is 2.30. The molecular formula is C13H14BrN3. The number of nitrogens with zero attached hydrogens (tertiary/aromatic N) is 3. The summed E-state index contributed by atoms with van der Waals surface area (Å²) >= 11 is 3.42. The van der Waals surface area contributed by atoms with Crippen LogP contribution in [0, 0.1) is 0 Å². The summed E-state index contributed by atoms with van der Waals surface area (Å²) in [6, 6.07) is 7.87. The molecule has 3 nitrogen and oxygen atoms in total. The molecule has 0 saturated heterocycles. The minimum absolute atomic E-state index is 0.749. The van der Waals surface area contributed by atoms with Crippen molar-refractivity contribution in [1.29, 1.82) is 0 Å². The number of hydrogen-bond donors (Lipinski definition) is 0. The van der Waals surface area contributed by atoms with Crippen LogP contribution in [0.2, 0.25) is 0 Å². The SMILES string of the molecule is CCCc1nc(Br)cc(Cc2ccccn2)n1. The first-order valence-electron chi connectivity index (χ1n) is 5.70. The highest BCUT2D eigenvalue weighted by molar-refractivity contribution is 9.10. The zero-order valence-corrected chi connectivity index (χ0v) is 11.3. The lowest BCUT2D eigenvalue weighted by atomic mass is 10.2. The number of pyridine rings is 1.